The largest absolute Gasteiger partial charge is 0.466 e. The molecule has 0 fully saturated rings. The molecule has 0 saturated carbocycles. The average Bonchev–Trinajstić information content (AvgIpc) is 2.68. The van der Waals surface area contributed by atoms with E-state index < -0.39 is 21.6 Å². The Labute approximate surface area is 162 Å². The normalized spacial score (nSPS) is 12.1. The molecule has 2 aromatic carbocycles. The van der Waals surface area contributed by atoms with Crippen LogP contribution in [0.3, 0.4) is 0 Å². The molecule has 27 heavy (non-hydrogen) atoms. The van der Waals surface area contributed by atoms with Crippen molar-refractivity contribution in [3.8, 4) is 0 Å². The number of methoxy groups -OCH3 is 1. The van der Waals surface area contributed by atoms with E-state index in [1.807, 2.05) is 24.3 Å². The first-order valence-corrected chi connectivity index (χ1v) is 10.1. The summed E-state index contributed by atoms with van der Waals surface area (Å²) in [5, 5.41) is 0.996. The number of rotatable bonds is 5. The van der Waals surface area contributed by atoms with E-state index in [0.29, 0.717) is 11.1 Å². The van der Waals surface area contributed by atoms with Gasteiger partial charge in [-0.1, -0.05) is 48.0 Å². The Hall–Kier alpha value is -2.70. The van der Waals surface area contributed by atoms with Crippen LogP contribution in [0.1, 0.15) is 5.56 Å². The molecule has 1 heterocycles. The maximum Gasteiger partial charge on any atom is 0.334 e. The molecule has 7 heteroatoms. The highest BCUT2D eigenvalue weighted by Crippen LogP contribution is 2.24. The molecule has 0 aliphatic heterocycles. The fourth-order valence-corrected chi connectivity index (χ4v) is 4.15. The molecule has 0 atom stereocenters. The summed E-state index contributed by atoms with van der Waals surface area (Å²) < 4.78 is 30.1. The molecule has 0 N–H and O–H groups in total. The van der Waals surface area contributed by atoms with Gasteiger partial charge in [0.25, 0.3) is 0 Å². The van der Waals surface area contributed by atoms with E-state index >= 15 is 0 Å². The number of pyridine rings is 1. The van der Waals surface area contributed by atoms with Gasteiger partial charge >= 0.3 is 5.97 Å². The van der Waals surface area contributed by atoms with E-state index in [1.54, 1.807) is 24.3 Å². The second-order valence-corrected chi connectivity index (χ2v) is 8.14. The highest BCUT2D eigenvalue weighted by Gasteiger charge is 2.22. The molecular formula is C20H16ClNO4S. The summed E-state index contributed by atoms with van der Waals surface area (Å²) in [6.45, 7) is 0. The van der Waals surface area contributed by atoms with Gasteiger partial charge in [0.1, 0.15) is 5.15 Å². The second-order valence-electron chi connectivity index (χ2n) is 5.79. The van der Waals surface area contributed by atoms with Crippen molar-refractivity contribution >= 4 is 44.4 Å². The van der Waals surface area contributed by atoms with Crippen LogP contribution in [0.4, 0.5) is 0 Å². The molecule has 138 valence electrons. The molecule has 5 nitrogen and oxygen atoms in total. The van der Waals surface area contributed by atoms with E-state index in [0.717, 1.165) is 5.39 Å². The average molecular weight is 402 g/mol. The number of ether oxygens (including phenoxy) is 1. The van der Waals surface area contributed by atoms with E-state index in [9.17, 15) is 13.2 Å². The van der Waals surface area contributed by atoms with Crippen molar-refractivity contribution in [3.05, 3.63) is 77.0 Å². The fraction of sp³-hybridized carbons (Fsp3) is 0.100. The zero-order valence-electron chi connectivity index (χ0n) is 14.4. The number of halogens is 1. The van der Waals surface area contributed by atoms with E-state index in [4.69, 9.17) is 16.3 Å². The van der Waals surface area contributed by atoms with Crippen LogP contribution in [0.2, 0.25) is 5.15 Å². The minimum absolute atomic E-state index is 0.0275. The summed E-state index contributed by atoms with van der Waals surface area (Å²) in [4.78, 5) is 16.6. The van der Waals surface area contributed by atoms with Gasteiger partial charge in [-0.3, -0.25) is 0 Å². The van der Waals surface area contributed by atoms with Crippen molar-refractivity contribution in [2.45, 2.75) is 4.90 Å². The first-order valence-electron chi connectivity index (χ1n) is 8.03. The number of carbonyl (C=O) groups excluding carboxylic acids is 1. The Kier molecular flexibility index (Phi) is 5.58. The third-order valence-electron chi connectivity index (χ3n) is 3.93. The van der Waals surface area contributed by atoms with Gasteiger partial charge in [0, 0.05) is 10.9 Å². The summed E-state index contributed by atoms with van der Waals surface area (Å²) in [6.07, 6.45) is 1.41. The SMILES string of the molecule is COC(=O)/C(=C/c1cc2ccccc2nc1Cl)CS(=O)(=O)c1ccccc1. The minimum atomic E-state index is -3.72. The Morgan fingerprint density at radius 1 is 1.11 bits per heavy atom. The predicted molar refractivity (Wildman–Crippen MR) is 105 cm³/mol. The number of hydrogen-bond acceptors (Lipinski definition) is 5. The van der Waals surface area contributed by atoms with Crippen molar-refractivity contribution in [3.63, 3.8) is 0 Å². The summed E-state index contributed by atoms with van der Waals surface area (Å²) in [5.41, 5.74) is 1.12. The van der Waals surface area contributed by atoms with E-state index in [1.165, 1.54) is 25.3 Å². The molecule has 0 aliphatic rings. The Balaban J connectivity index is 2.05. The third kappa shape index (κ3) is 4.35. The van der Waals surface area contributed by atoms with Crippen LogP contribution in [0.25, 0.3) is 17.0 Å². The van der Waals surface area contributed by atoms with Crippen LogP contribution < -0.4 is 0 Å². The van der Waals surface area contributed by atoms with Gasteiger partial charge in [0.2, 0.25) is 0 Å². The first kappa shape index (κ1) is 19.1. The summed E-state index contributed by atoms with van der Waals surface area (Å²) >= 11 is 6.23. The van der Waals surface area contributed by atoms with Crippen LogP contribution in [0.15, 0.2) is 71.1 Å². The number of carbonyl (C=O) groups is 1. The van der Waals surface area contributed by atoms with E-state index in [2.05, 4.69) is 4.98 Å². The Morgan fingerprint density at radius 3 is 2.48 bits per heavy atom. The number of esters is 1. The van der Waals surface area contributed by atoms with Crippen LogP contribution in [-0.2, 0) is 19.4 Å². The molecule has 0 radical (unpaired) electrons. The van der Waals surface area contributed by atoms with Crippen LogP contribution in [-0.4, -0.2) is 32.2 Å². The lowest BCUT2D eigenvalue weighted by molar-refractivity contribution is -0.135. The van der Waals surface area contributed by atoms with Gasteiger partial charge in [-0.25, -0.2) is 18.2 Å². The van der Waals surface area contributed by atoms with Crippen LogP contribution in [0, 0.1) is 0 Å². The van der Waals surface area contributed by atoms with Crippen molar-refractivity contribution in [2.75, 3.05) is 12.9 Å². The highest BCUT2D eigenvalue weighted by atomic mass is 35.5. The molecule has 3 rings (SSSR count). The van der Waals surface area contributed by atoms with Gasteiger partial charge in [0.15, 0.2) is 9.84 Å². The van der Waals surface area contributed by atoms with Gasteiger partial charge in [-0.15, -0.1) is 0 Å². The quantitative estimate of drug-likeness (QED) is 0.368. The number of benzene rings is 2. The Morgan fingerprint density at radius 2 is 1.78 bits per heavy atom. The second kappa shape index (κ2) is 7.90. The van der Waals surface area contributed by atoms with Crippen molar-refractivity contribution in [2.24, 2.45) is 0 Å². The van der Waals surface area contributed by atoms with E-state index in [-0.39, 0.29) is 15.6 Å². The number of sulfone groups is 1. The molecule has 0 saturated heterocycles. The summed E-state index contributed by atoms with van der Waals surface area (Å²) in [6, 6.07) is 17.0. The number of para-hydroxylation sites is 1. The van der Waals surface area contributed by atoms with Crippen LogP contribution >= 0.6 is 11.6 Å². The summed E-state index contributed by atoms with van der Waals surface area (Å²) in [5.74, 6) is -1.24. The third-order valence-corrected chi connectivity index (χ3v) is 5.91. The maximum atomic E-state index is 12.7. The van der Waals surface area contributed by atoms with Crippen molar-refractivity contribution in [1.82, 2.24) is 4.98 Å². The minimum Gasteiger partial charge on any atom is -0.466 e. The molecule has 0 unspecified atom stereocenters. The number of nitrogens with zero attached hydrogens (tertiary/aromatic N) is 1. The Bertz CT molecular complexity index is 1130. The molecule has 0 aliphatic carbocycles. The van der Waals surface area contributed by atoms with Crippen LogP contribution in [0.5, 0.6) is 0 Å². The smallest absolute Gasteiger partial charge is 0.334 e. The molecule has 0 bridgehead atoms. The lowest BCUT2D eigenvalue weighted by Gasteiger charge is -2.09. The molecule has 0 amide bonds. The topological polar surface area (TPSA) is 73.3 Å². The predicted octanol–water partition coefficient (Wildman–Crippen LogP) is 3.92. The van der Waals surface area contributed by atoms with Gasteiger partial charge < -0.3 is 4.74 Å². The summed E-state index contributed by atoms with van der Waals surface area (Å²) in [7, 11) is -2.52. The number of hydrogen-bond donors (Lipinski definition) is 0. The monoisotopic (exact) mass is 401 g/mol. The zero-order valence-corrected chi connectivity index (χ0v) is 16.0. The number of fused-ring (bicyclic) bond motifs is 1. The fourth-order valence-electron chi connectivity index (χ4n) is 2.60. The zero-order chi connectivity index (χ0) is 19.4. The lowest BCUT2D eigenvalue weighted by Crippen LogP contribution is -2.16. The maximum absolute atomic E-state index is 12.7. The molecule has 1 aromatic heterocycles. The van der Waals surface area contributed by atoms with Crippen molar-refractivity contribution < 1.29 is 17.9 Å². The molecule has 3 aromatic rings. The number of aromatic nitrogens is 1. The van der Waals surface area contributed by atoms with Gasteiger partial charge in [0.05, 0.1) is 28.8 Å². The molecule has 0 spiro atoms. The van der Waals surface area contributed by atoms with Gasteiger partial charge in [-0.2, -0.15) is 0 Å². The molecular weight excluding hydrogens is 386 g/mol. The highest BCUT2D eigenvalue weighted by molar-refractivity contribution is 7.91. The van der Waals surface area contributed by atoms with Crippen molar-refractivity contribution in [1.29, 1.82) is 0 Å². The lowest BCUT2D eigenvalue weighted by atomic mass is 10.1. The standard InChI is InChI=1S/C20H16ClNO4S/c1-26-20(23)16(13-27(24,25)17-8-3-2-4-9-17)12-15-11-14-7-5-6-10-18(14)22-19(15)21/h2-12H,13H2,1H3/b16-12+. The first-order chi connectivity index (χ1) is 12.9. The van der Waals surface area contributed by atoms with Gasteiger partial charge in [-0.05, 0) is 30.3 Å².